The van der Waals surface area contributed by atoms with Crippen molar-refractivity contribution in [1.29, 1.82) is 0 Å². The highest BCUT2D eigenvalue weighted by atomic mass is 19.2. The van der Waals surface area contributed by atoms with E-state index < -0.39 is 11.6 Å². The molecule has 1 saturated heterocycles. The molecule has 0 spiro atoms. The molecule has 1 aliphatic rings. The Hall–Kier alpha value is -2.61. The fourth-order valence-electron chi connectivity index (χ4n) is 3.09. The number of fused-ring (bicyclic) bond motifs is 1. The van der Waals surface area contributed by atoms with Crippen LogP contribution in [-0.2, 0) is 11.2 Å². The summed E-state index contributed by atoms with van der Waals surface area (Å²) >= 11 is 0. The molecule has 3 aromatic rings. The van der Waals surface area contributed by atoms with Crippen LogP contribution in [0.2, 0.25) is 0 Å². The van der Waals surface area contributed by atoms with Crippen LogP contribution < -0.4 is 5.32 Å². The Balaban J connectivity index is 1.65. The van der Waals surface area contributed by atoms with Crippen molar-refractivity contribution in [3.05, 3.63) is 53.5 Å². The normalized spacial score (nSPS) is 20.3. The van der Waals surface area contributed by atoms with Gasteiger partial charge in [-0.3, -0.25) is 0 Å². The number of hydrogen-bond acceptors (Lipinski definition) is 5. The number of ether oxygens (including phenoxy) is 1. The summed E-state index contributed by atoms with van der Waals surface area (Å²) in [7, 11) is 0. The van der Waals surface area contributed by atoms with E-state index >= 15 is 0 Å². The second-order valence-corrected chi connectivity index (χ2v) is 5.96. The molecule has 130 valence electrons. The third-order valence-corrected chi connectivity index (χ3v) is 4.36. The molecule has 6 nitrogen and oxygen atoms in total. The van der Waals surface area contributed by atoms with Gasteiger partial charge in [-0.15, -0.1) is 0 Å². The monoisotopic (exact) mass is 345 g/mol. The first kappa shape index (κ1) is 15.9. The number of nitrogens with zero attached hydrogens (tertiary/aromatic N) is 4. The van der Waals surface area contributed by atoms with E-state index in [2.05, 4.69) is 20.4 Å². The molecule has 1 fully saturated rings. The van der Waals surface area contributed by atoms with Crippen LogP contribution in [0.5, 0.6) is 0 Å². The topological polar surface area (TPSA) is 64.3 Å². The van der Waals surface area contributed by atoms with E-state index in [1.54, 1.807) is 10.6 Å². The number of rotatable bonds is 4. The predicted octanol–water partition coefficient (Wildman–Crippen LogP) is 2.91. The Morgan fingerprint density at radius 2 is 2.16 bits per heavy atom. The molecule has 2 unspecified atom stereocenters. The van der Waals surface area contributed by atoms with Crippen LogP contribution in [0.4, 0.5) is 14.6 Å². The molecule has 25 heavy (non-hydrogen) atoms. The summed E-state index contributed by atoms with van der Waals surface area (Å²) < 4.78 is 34.1. The maximum absolute atomic E-state index is 13.6. The number of benzene rings is 1. The highest BCUT2D eigenvalue weighted by molar-refractivity contribution is 5.46. The van der Waals surface area contributed by atoms with E-state index in [1.165, 1.54) is 12.4 Å². The van der Waals surface area contributed by atoms with E-state index in [0.29, 0.717) is 17.9 Å². The predicted molar refractivity (Wildman–Crippen MR) is 87.2 cm³/mol. The van der Waals surface area contributed by atoms with Gasteiger partial charge < -0.3 is 10.1 Å². The summed E-state index contributed by atoms with van der Waals surface area (Å²) in [6, 6.07) is 5.69. The SMILES string of the molecule is CCc1cc(NC2CCOC2c2ccc(F)c(F)c2)n2ncnc2n1. The van der Waals surface area contributed by atoms with Crippen molar-refractivity contribution >= 4 is 11.6 Å². The minimum atomic E-state index is -0.873. The summed E-state index contributed by atoms with van der Waals surface area (Å²) in [5, 5.41) is 7.60. The van der Waals surface area contributed by atoms with Crippen LogP contribution >= 0.6 is 0 Å². The molecule has 0 bridgehead atoms. The second kappa shape index (κ2) is 6.36. The van der Waals surface area contributed by atoms with Gasteiger partial charge in [-0.2, -0.15) is 14.6 Å². The third-order valence-electron chi connectivity index (χ3n) is 4.36. The molecule has 0 saturated carbocycles. The molecule has 1 N–H and O–H groups in total. The molecular weight excluding hydrogens is 328 g/mol. The Bertz CT molecular complexity index is 913. The lowest BCUT2D eigenvalue weighted by Crippen LogP contribution is -2.25. The fourth-order valence-corrected chi connectivity index (χ4v) is 3.09. The second-order valence-electron chi connectivity index (χ2n) is 5.96. The fraction of sp³-hybridized carbons (Fsp3) is 0.353. The summed E-state index contributed by atoms with van der Waals surface area (Å²) in [6.45, 7) is 2.55. The number of aromatic nitrogens is 4. The summed E-state index contributed by atoms with van der Waals surface area (Å²) in [6.07, 6.45) is 2.59. The summed E-state index contributed by atoms with van der Waals surface area (Å²) in [5.41, 5.74) is 1.50. The van der Waals surface area contributed by atoms with Crippen LogP contribution in [0, 0.1) is 11.6 Å². The molecule has 1 aromatic carbocycles. The number of anilines is 1. The van der Waals surface area contributed by atoms with E-state index in [9.17, 15) is 8.78 Å². The number of hydrogen-bond donors (Lipinski definition) is 1. The maximum atomic E-state index is 13.6. The average molecular weight is 345 g/mol. The highest BCUT2D eigenvalue weighted by Gasteiger charge is 2.31. The Morgan fingerprint density at radius 1 is 1.28 bits per heavy atom. The van der Waals surface area contributed by atoms with E-state index in [0.717, 1.165) is 30.4 Å². The van der Waals surface area contributed by atoms with Gasteiger partial charge in [-0.1, -0.05) is 13.0 Å². The van der Waals surface area contributed by atoms with Gasteiger partial charge in [0.1, 0.15) is 18.2 Å². The number of aryl methyl sites for hydroxylation is 1. The zero-order chi connectivity index (χ0) is 17.4. The first-order chi connectivity index (χ1) is 12.2. The lowest BCUT2D eigenvalue weighted by Gasteiger charge is -2.22. The number of nitrogens with one attached hydrogen (secondary N) is 1. The van der Waals surface area contributed by atoms with Crippen molar-refractivity contribution in [2.45, 2.75) is 31.9 Å². The quantitative estimate of drug-likeness (QED) is 0.788. The zero-order valence-corrected chi connectivity index (χ0v) is 13.6. The van der Waals surface area contributed by atoms with Crippen LogP contribution in [0.25, 0.3) is 5.78 Å². The van der Waals surface area contributed by atoms with Crippen molar-refractivity contribution in [3.63, 3.8) is 0 Å². The molecule has 2 aromatic heterocycles. The van der Waals surface area contributed by atoms with Crippen LogP contribution in [-0.4, -0.2) is 32.2 Å². The van der Waals surface area contributed by atoms with Gasteiger partial charge in [0.15, 0.2) is 11.6 Å². The van der Waals surface area contributed by atoms with E-state index in [4.69, 9.17) is 4.74 Å². The van der Waals surface area contributed by atoms with Crippen LogP contribution in [0.3, 0.4) is 0 Å². The molecule has 0 aliphatic carbocycles. The zero-order valence-electron chi connectivity index (χ0n) is 13.6. The Labute approximate surface area is 142 Å². The van der Waals surface area contributed by atoms with Gasteiger partial charge in [-0.25, -0.2) is 13.8 Å². The molecule has 1 aliphatic heterocycles. The van der Waals surface area contributed by atoms with Crippen molar-refractivity contribution in [1.82, 2.24) is 19.6 Å². The molecule has 2 atom stereocenters. The first-order valence-corrected chi connectivity index (χ1v) is 8.18. The van der Waals surface area contributed by atoms with Crippen molar-refractivity contribution in [3.8, 4) is 0 Å². The van der Waals surface area contributed by atoms with E-state index in [-0.39, 0.29) is 12.1 Å². The van der Waals surface area contributed by atoms with Gasteiger partial charge >= 0.3 is 0 Å². The largest absolute Gasteiger partial charge is 0.371 e. The molecule has 4 rings (SSSR count). The smallest absolute Gasteiger partial charge is 0.254 e. The molecule has 0 amide bonds. The third kappa shape index (κ3) is 2.93. The van der Waals surface area contributed by atoms with Gasteiger partial charge in [0.2, 0.25) is 0 Å². The summed E-state index contributed by atoms with van der Waals surface area (Å²) in [5.74, 6) is -0.465. The van der Waals surface area contributed by atoms with Crippen LogP contribution in [0.15, 0.2) is 30.6 Å². The van der Waals surface area contributed by atoms with Gasteiger partial charge in [0.25, 0.3) is 5.78 Å². The van der Waals surface area contributed by atoms with Gasteiger partial charge in [0.05, 0.1) is 6.04 Å². The lowest BCUT2D eigenvalue weighted by atomic mass is 10.0. The van der Waals surface area contributed by atoms with Gasteiger partial charge in [0, 0.05) is 18.4 Å². The first-order valence-electron chi connectivity index (χ1n) is 8.18. The number of halogens is 2. The maximum Gasteiger partial charge on any atom is 0.254 e. The highest BCUT2D eigenvalue weighted by Crippen LogP contribution is 2.32. The minimum absolute atomic E-state index is 0.0932. The van der Waals surface area contributed by atoms with Crippen molar-refractivity contribution in [2.75, 3.05) is 11.9 Å². The Kier molecular flexibility index (Phi) is 4.04. The van der Waals surface area contributed by atoms with E-state index in [1.807, 2.05) is 13.0 Å². The molecule has 0 radical (unpaired) electrons. The standard InChI is InChI=1S/C17H17F2N5O/c1-2-11-8-15(24-17(22-11)20-9-21-24)23-14-5-6-25-16(14)10-3-4-12(18)13(19)7-10/h3-4,7-9,14,16,23H,2,5-6H2,1H3. The molecular formula is C17H17F2N5O. The molecule has 8 heteroatoms. The minimum Gasteiger partial charge on any atom is -0.371 e. The lowest BCUT2D eigenvalue weighted by molar-refractivity contribution is 0.107. The molecule has 3 heterocycles. The Morgan fingerprint density at radius 3 is 2.96 bits per heavy atom. The van der Waals surface area contributed by atoms with Crippen molar-refractivity contribution in [2.24, 2.45) is 0 Å². The van der Waals surface area contributed by atoms with Crippen molar-refractivity contribution < 1.29 is 13.5 Å². The van der Waals surface area contributed by atoms with Crippen LogP contribution in [0.1, 0.15) is 30.7 Å². The average Bonchev–Trinajstić information content (AvgIpc) is 3.26. The van der Waals surface area contributed by atoms with Gasteiger partial charge in [-0.05, 0) is 30.5 Å². The summed E-state index contributed by atoms with van der Waals surface area (Å²) in [4.78, 5) is 8.55.